The van der Waals surface area contributed by atoms with Crippen LogP contribution in [0.1, 0.15) is 112 Å². The molecule has 9 N–H and O–H groups in total. The average molecular weight is 532 g/mol. The minimum atomic E-state index is -0.237. The van der Waals surface area contributed by atoms with Crippen LogP contribution in [0.5, 0.6) is 0 Å². The fourth-order valence-corrected chi connectivity index (χ4v) is 6.55. The standard InChI is InChI=1S/C24H47NO2.2C3H9NO/c1-6-22(27-17-9-16-25)24(5)20(13-14-21(24)26)18(2)11-12-19-10-7-8-15-23(19,3)4;2*4-2-1-3-5/h18-22,26H,6-17,25H2,1-5H3;2*5H,1-4H2/t18?,19?,20?,21-,22-,24-;;/m0../s1. The fraction of sp³-hybridized carbons (Fsp3) is 1.00. The smallest absolute Gasteiger partial charge is 0.0653 e. The summed E-state index contributed by atoms with van der Waals surface area (Å²) in [5, 5.41) is 26.9. The summed E-state index contributed by atoms with van der Waals surface area (Å²) >= 11 is 0. The maximum Gasteiger partial charge on any atom is 0.0653 e. The van der Waals surface area contributed by atoms with Gasteiger partial charge >= 0.3 is 0 Å². The Labute approximate surface area is 229 Å². The third-order valence-electron chi connectivity index (χ3n) is 9.11. The van der Waals surface area contributed by atoms with Crippen molar-refractivity contribution in [2.45, 2.75) is 124 Å². The van der Waals surface area contributed by atoms with Crippen molar-refractivity contribution in [3.05, 3.63) is 0 Å². The van der Waals surface area contributed by atoms with Gasteiger partial charge in [0.15, 0.2) is 0 Å². The molecule has 0 amide bonds. The number of hydrogen-bond acceptors (Lipinski definition) is 7. The van der Waals surface area contributed by atoms with Gasteiger partial charge in [-0.1, -0.05) is 53.9 Å². The lowest BCUT2D eigenvalue weighted by Gasteiger charge is -2.44. The summed E-state index contributed by atoms with van der Waals surface area (Å²) in [4.78, 5) is 0. The molecule has 0 bridgehead atoms. The van der Waals surface area contributed by atoms with E-state index in [-0.39, 0.29) is 30.8 Å². The van der Waals surface area contributed by atoms with Crippen molar-refractivity contribution in [1.82, 2.24) is 0 Å². The van der Waals surface area contributed by atoms with Gasteiger partial charge in [-0.15, -0.1) is 0 Å². The van der Waals surface area contributed by atoms with Gasteiger partial charge in [0.1, 0.15) is 0 Å². The molecule has 2 saturated carbocycles. The van der Waals surface area contributed by atoms with Crippen LogP contribution in [0.15, 0.2) is 0 Å². The van der Waals surface area contributed by atoms with E-state index in [9.17, 15) is 5.11 Å². The van der Waals surface area contributed by atoms with Gasteiger partial charge in [0.25, 0.3) is 0 Å². The summed E-state index contributed by atoms with van der Waals surface area (Å²) in [6.45, 7) is 14.9. The molecule has 6 atom stereocenters. The number of nitrogens with two attached hydrogens (primary N) is 3. The number of hydrogen-bond donors (Lipinski definition) is 6. The Hall–Kier alpha value is -0.280. The predicted molar refractivity (Wildman–Crippen MR) is 156 cm³/mol. The molecule has 224 valence electrons. The SMILES string of the molecule is CC[C@H](OCCCN)[C@@]1(C)C(C(C)CCC2CCCCC2(C)C)CC[C@@H]1O.NCCCO.NCCCO. The van der Waals surface area contributed by atoms with Crippen LogP contribution in [0.3, 0.4) is 0 Å². The van der Waals surface area contributed by atoms with Crippen LogP contribution in [0.4, 0.5) is 0 Å². The van der Waals surface area contributed by atoms with Gasteiger partial charge in [0.05, 0.1) is 12.2 Å². The second-order valence-electron chi connectivity index (χ2n) is 12.2. The van der Waals surface area contributed by atoms with Gasteiger partial charge in [0.2, 0.25) is 0 Å². The molecule has 0 aromatic heterocycles. The van der Waals surface area contributed by atoms with Crippen LogP contribution in [0.2, 0.25) is 0 Å². The molecule has 7 heteroatoms. The molecule has 0 heterocycles. The van der Waals surface area contributed by atoms with E-state index < -0.39 is 0 Å². The van der Waals surface area contributed by atoms with Crippen LogP contribution in [0, 0.1) is 28.6 Å². The van der Waals surface area contributed by atoms with Crippen molar-refractivity contribution in [2.24, 2.45) is 45.8 Å². The highest BCUT2D eigenvalue weighted by atomic mass is 16.5. The predicted octanol–water partition coefficient (Wildman–Crippen LogP) is 4.20. The highest BCUT2D eigenvalue weighted by Crippen LogP contribution is 2.53. The fourth-order valence-electron chi connectivity index (χ4n) is 6.55. The number of rotatable bonds is 14. The molecule has 2 aliphatic carbocycles. The monoisotopic (exact) mass is 531 g/mol. The first-order chi connectivity index (χ1) is 17.6. The van der Waals surface area contributed by atoms with Crippen molar-refractivity contribution in [1.29, 1.82) is 0 Å². The zero-order chi connectivity index (χ0) is 28.3. The molecule has 0 aromatic rings. The third kappa shape index (κ3) is 12.6. The highest BCUT2D eigenvalue weighted by Gasteiger charge is 2.52. The zero-order valence-electron chi connectivity index (χ0n) is 25.1. The van der Waals surface area contributed by atoms with E-state index in [4.69, 9.17) is 32.2 Å². The molecule has 0 spiro atoms. The molecular formula is C30H65N3O4. The van der Waals surface area contributed by atoms with Gasteiger partial charge in [0, 0.05) is 25.2 Å². The summed E-state index contributed by atoms with van der Waals surface area (Å²) in [7, 11) is 0. The molecule has 2 rings (SSSR count). The Morgan fingerprint density at radius 2 is 1.49 bits per heavy atom. The van der Waals surface area contributed by atoms with Gasteiger partial charge in [-0.25, -0.2) is 0 Å². The van der Waals surface area contributed by atoms with E-state index in [0.717, 1.165) is 44.4 Å². The van der Waals surface area contributed by atoms with Crippen LogP contribution in [-0.2, 0) is 4.74 Å². The average Bonchev–Trinajstić information content (AvgIpc) is 3.17. The molecule has 2 fully saturated rings. The first kappa shape index (κ1) is 36.7. The third-order valence-corrected chi connectivity index (χ3v) is 9.11. The highest BCUT2D eigenvalue weighted by molar-refractivity contribution is 5.01. The van der Waals surface area contributed by atoms with Crippen LogP contribution in [0.25, 0.3) is 0 Å². The molecule has 7 nitrogen and oxygen atoms in total. The Balaban J connectivity index is 0.00000110. The Morgan fingerprint density at radius 3 is 1.95 bits per heavy atom. The quantitative estimate of drug-likeness (QED) is 0.184. The molecule has 37 heavy (non-hydrogen) atoms. The van der Waals surface area contributed by atoms with E-state index in [2.05, 4.69) is 34.6 Å². The van der Waals surface area contributed by atoms with E-state index in [1.54, 1.807) is 0 Å². The van der Waals surface area contributed by atoms with E-state index in [0.29, 0.717) is 43.5 Å². The summed E-state index contributed by atoms with van der Waals surface area (Å²) in [6.07, 6.45) is 13.5. The summed E-state index contributed by atoms with van der Waals surface area (Å²) in [5.74, 6) is 2.08. The van der Waals surface area contributed by atoms with Crippen molar-refractivity contribution < 1.29 is 20.1 Å². The van der Waals surface area contributed by atoms with Gasteiger partial charge < -0.3 is 37.3 Å². The maximum atomic E-state index is 10.9. The molecule has 0 aromatic carbocycles. The van der Waals surface area contributed by atoms with Gasteiger partial charge in [-0.2, -0.15) is 0 Å². The zero-order valence-corrected chi connectivity index (χ0v) is 25.1. The lowest BCUT2D eigenvalue weighted by Crippen LogP contribution is -2.47. The maximum absolute atomic E-state index is 10.9. The first-order valence-corrected chi connectivity index (χ1v) is 15.2. The molecule has 0 saturated heterocycles. The second kappa shape index (κ2) is 20.6. The van der Waals surface area contributed by atoms with E-state index >= 15 is 0 Å². The van der Waals surface area contributed by atoms with E-state index in [1.807, 2.05) is 0 Å². The molecule has 3 unspecified atom stereocenters. The van der Waals surface area contributed by atoms with Crippen molar-refractivity contribution >= 4 is 0 Å². The van der Waals surface area contributed by atoms with Crippen molar-refractivity contribution in [2.75, 3.05) is 39.5 Å². The number of aliphatic hydroxyl groups is 3. The topological polar surface area (TPSA) is 148 Å². The minimum Gasteiger partial charge on any atom is -0.396 e. The molecule has 2 aliphatic rings. The minimum absolute atomic E-state index is 0.120. The van der Waals surface area contributed by atoms with Crippen LogP contribution >= 0.6 is 0 Å². The lowest BCUT2D eigenvalue weighted by molar-refractivity contribution is -0.111. The van der Waals surface area contributed by atoms with Crippen molar-refractivity contribution in [3.8, 4) is 0 Å². The lowest BCUT2D eigenvalue weighted by atomic mass is 9.64. The molecular weight excluding hydrogens is 466 g/mol. The van der Waals surface area contributed by atoms with Crippen LogP contribution < -0.4 is 17.2 Å². The number of aliphatic hydroxyl groups excluding tert-OH is 3. The van der Waals surface area contributed by atoms with Gasteiger partial charge in [-0.05, 0) is 101 Å². The first-order valence-electron chi connectivity index (χ1n) is 15.2. The summed E-state index contributed by atoms with van der Waals surface area (Å²) < 4.78 is 6.26. The summed E-state index contributed by atoms with van der Waals surface area (Å²) in [6, 6.07) is 0. The second-order valence-corrected chi connectivity index (χ2v) is 12.2. The number of ether oxygens (including phenoxy) is 1. The Morgan fingerprint density at radius 1 is 0.892 bits per heavy atom. The Bertz CT molecular complexity index is 527. The van der Waals surface area contributed by atoms with Crippen LogP contribution in [-0.4, -0.2) is 67.0 Å². The largest absolute Gasteiger partial charge is 0.396 e. The van der Waals surface area contributed by atoms with Gasteiger partial charge in [-0.3, -0.25) is 0 Å². The van der Waals surface area contributed by atoms with E-state index in [1.165, 1.54) is 38.5 Å². The van der Waals surface area contributed by atoms with Crippen molar-refractivity contribution in [3.63, 3.8) is 0 Å². The summed E-state index contributed by atoms with van der Waals surface area (Å²) in [5.41, 5.74) is 16.0. The molecule has 0 aliphatic heterocycles. The Kier molecular flexibility index (Phi) is 20.4. The molecule has 0 radical (unpaired) electrons. The normalized spacial score (nSPS) is 28.5.